The van der Waals surface area contributed by atoms with Crippen LogP contribution >= 0.6 is 0 Å². The minimum Gasteiger partial charge on any atom is -0.493 e. The third-order valence-corrected chi connectivity index (χ3v) is 7.07. The molecule has 1 fully saturated rings. The normalized spacial score (nSPS) is 19.4. The van der Waals surface area contributed by atoms with Gasteiger partial charge in [0.05, 0.1) is 41.9 Å². The maximum absolute atomic E-state index is 6.31. The van der Waals surface area contributed by atoms with Gasteiger partial charge in [0.1, 0.15) is 5.75 Å². The number of nitrogens with zero attached hydrogens (tertiary/aromatic N) is 3. The van der Waals surface area contributed by atoms with Crippen molar-refractivity contribution < 1.29 is 4.74 Å². The molecule has 3 N–H and O–H groups in total. The van der Waals surface area contributed by atoms with Gasteiger partial charge in [-0.2, -0.15) is 0 Å². The van der Waals surface area contributed by atoms with E-state index in [4.69, 9.17) is 15.5 Å². The molecule has 2 aromatic heterocycles. The summed E-state index contributed by atoms with van der Waals surface area (Å²) in [6, 6.07) is 19.5. The van der Waals surface area contributed by atoms with Crippen LogP contribution in [-0.4, -0.2) is 35.7 Å². The molecule has 6 rings (SSSR count). The number of rotatable bonds is 5. The lowest BCUT2D eigenvalue weighted by Crippen LogP contribution is -2.46. The molecule has 2 aliphatic heterocycles. The minimum absolute atomic E-state index is 0.202. The van der Waals surface area contributed by atoms with E-state index >= 15 is 0 Å². The Bertz CT molecular complexity index is 1360. The molecule has 4 heterocycles. The Kier molecular flexibility index (Phi) is 5.74. The molecule has 2 unspecified atom stereocenters. The first-order valence-electron chi connectivity index (χ1n) is 12.5. The van der Waals surface area contributed by atoms with Gasteiger partial charge in [0, 0.05) is 37.1 Å². The number of pyridine rings is 2. The summed E-state index contributed by atoms with van der Waals surface area (Å²) < 4.78 is 5.77. The topological polar surface area (TPSA) is 76.3 Å². The van der Waals surface area contributed by atoms with E-state index in [2.05, 4.69) is 76.7 Å². The molecule has 6 heteroatoms. The molecule has 1 saturated heterocycles. The highest BCUT2D eigenvalue weighted by atomic mass is 16.5. The molecule has 2 aliphatic rings. The fourth-order valence-corrected chi connectivity index (χ4v) is 5.36. The molecule has 2 atom stereocenters. The largest absolute Gasteiger partial charge is 0.493 e. The summed E-state index contributed by atoms with van der Waals surface area (Å²) in [4.78, 5) is 11.7. The van der Waals surface area contributed by atoms with Crippen LogP contribution in [0.2, 0.25) is 0 Å². The van der Waals surface area contributed by atoms with Crippen molar-refractivity contribution >= 4 is 22.3 Å². The van der Waals surface area contributed by atoms with Crippen molar-refractivity contribution in [2.45, 2.75) is 32.4 Å². The van der Waals surface area contributed by atoms with Crippen molar-refractivity contribution in [3.05, 3.63) is 78.2 Å². The fraction of sp³-hybridized carbons (Fsp3) is 0.310. The second-order valence-electron chi connectivity index (χ2n) is 9.88. The Labute approximate surface area is 206 Å². The number of benzene rings is 2. The van der Waals surface area contributed by atoms with Gasteiger partial charge in [-0.25, -0.2) is 0 Å². The first-order valence-corrected chi connectivity index (χ1v) is 12.5. The smallest absolute Gasteiger partial charge is 0.123 e. The van der Waals surface area contributed by atoms with Gasteiger partial charge in [0.25, 0.3) is 0 Å². The van der Waals surface area contributed by atoms with Crippen LogP contribution in [0.15, 0.2) is 67.0 Å². The van der Waals surface area contributed by atoms with Gasteiger partial charge in [-0.1, -0.05) is 37.3 Å². The third kappa shape index (κ3) is 4.54. The number of nitrogens with one attached hydrogen (secondary N) is 1. The summed E-state index contributed by atoms with van der Waals surface area (Å²) in [7, 11) is 0. The quantitative estimate of drug-likeness (QED) is 0.431. The van der Waals surface area contributed by atoms with Crippen LogP contribution in [0.25, 0.3) is 22.0 Å². The van der Waals surface area contributed by atoms with Crippen LogP contribution in [0.4, 0.5) is 11.4 Å². The number of anilines is 2. The van der Waals surface area contributed by atoms with Crippen molar-refractivity contribution in [3.63, 3.8) is 0 Å². The monoisotopic (exact) mass is 465 g/mol. The summed E-state index contributed by atoms with van der Waals surface area (Å²) in [6.07, 6.45) is 5.82. The molecule has 2 aromatic carbocycles. The zero-order valence-corrected chi connectivity index (χ0v) is 20.1. The van der Waals surface area contributed by atoms with Gasteiger partial charge in [-0.15, -0.1) is 0 Å². The summed E-state index contributed by atoms with van der Waals surface area (Å²) in [6.45, 7) is 5.55. The highest BCUT2D eigenvalue weighted by molar-refractivity contribution is 5.84. The van der Waals surface area contributed by atoms with Crippen LogP contribution in [0.1, 0.15) is 24.6 Å². The molecule has 0 radical (unpaired) electrons. The van der Waals surface area contributed by atoms with Gasteiger partial charge < -0.3 is 20.7 Å². The summed E-state index contributed by atoms with van der Waals surface area (Å²) >= 11 is 0. The molecule has 0 bridgehead atoms. The Hall–Kier alpha value is -3.64. The number of fused-ring (bicyclic) bond motifs is 2. The molecule has 178 valence electrons. The molecule has 0 amide bonds. The molecule has 0 aliphatic carbocycles. The average molecular weight is 466 g/mol. The molecular weight excluding hydrogens is 434 g/mol. The Morgan fingerprint density at radius 3 is 2.83 bits per heavy atom. The number of hydrogen-bond donors (Lipinski definition) is 2. The van der Waals surface area contributed by atoms with Crippen molar-refractivity contribution in [3.8, 4) is 16.9 Å². The van der Waals surface area contributed by atoms with Gasteiger partial charge in [0.15, 0.2) is 0 Å². The second kappa shape index (κ2) is 9.19. The second-order valence-corrected chi connectivity index (χ2v) is 9.88. The van der Waals surface area contributed by atoms with Crippen molar-refractivity contribution in [2.75, 3.05) is 29.9 Å². The maximum Gasteiger partial charge on any atom is 0.123 e. The van der Waals surface area contributed by atoms with Gasteiger partial charge in [-0.3, -0.25) is 9.97 Å². The number of piperidine rings is 1. The van der Waals surface area contributed by atoms with E-state index in [9.17, 15) is 0 Å². The average Bonchev–Trinajstić information content (AvgIpc) is 3.35. The highest BCUT2D eigenvalue weighted by Crippen LogP contribution is 2.32. The molecule has 6 nitrogen and oxygen atoms in total. The van der Waals surface area contributed by atoms with Gasteiger partial charge >= 0.3 is 0 Å². The third-order valence-electron chi connectivity index (χ3n) is 7.07. The van der Waals surface area contributed by atoms with Crippen molar-refractivity contribution in [1.29, 1.82) is 0 Å². The summed E-state index contributed by atoms with van der Waals surface area (Å²) in [5.74, 6) is 1.58. The van der Waals surface area contributed by atoms with Crippen LogP contribution in [0, 0.1) is 5.92 Å². The number of aromatic nitrogens is 2. The van der Waals surface area contributed by atoms with Gasteiger partial charge in [-0.05, 0) is 53.3 Å². The number of nitrogens with two attached hydrogens (primary N) is 1. The highest BCUT2D eigenvalue weighted by Gasteiger charge is 2.24. The predicted octanol–water partition coefficient (Wildman–Crippen LogP) is 5.02. The number of ether oxygens (including phenoxy) is 1. The van der Waals surface area contributed by atoms with E-state index in [1.54, 1.807) is 0 Å². The lowest BCUT2D eigenvalue weighted by molar-refractivity contribution is 0.357. The molecule has 0 saturated carbocycles. The van der Waals surface area contributed by atoms with Crippen molar-refractivity contribution in [1.82, 2.24) is 9.97 Å². The van der Waals surface area contributed by atoms with Crippen LogP contribution in [-0.2, 0) is 13.0 Å². The first-order chi connectivity index (χ1) is 17.1. The fourth-order valence-electron chi connectivity index (χ4n) is 5.36. The Balaban J connectivity index is 1.23. The minimum atomic E-state index is 0.202. The first kappa shape index (κ1) is 21.9. The van der Waals surface area contributed by atoms with Crippen LogP contribution in [0.3, 0.4) is 0 Å². The lowest BCUT2D eigenvalue weighted by Gasteiger charge is -2.37. The van der Waals surface area contributed by atoms with Gasteiger partial charge in [0.2, 0.25) is 0 Å². The molecule has 35 heavy (non-hydrogen) atoms. The summed E-state index contributed by atoms with van der Waals surface area (Å²) in [5, 5.41) is 4.70. The molecule has 0 spiro atoms. The van der Waals surface area contributed by atoms with E-state index in [1.165, 1.54) is 5.56 Å². The van der Waals surface area contributed by atoms with Crippen LogP contribution in [0.5, 0.6) is 5.75 Å². The van der Waals surface area contributed by atoms with E-state index < -0.39 is 0 Å². The Morgan fingerprint density at radius 2 is 1.91 bits per heavy atom. The lowest BCUT2D eigenvalue weighted by atomic mass is 9.96. The van der Waals surface area contributed by atoms with Crippen molar-refractivity contribution in [2.24, 2.45) is 11.7 Å². The van der Waals surface area contributed by atoms with E-state index in [0.717, 1.165) is 77.4 Å². The van der Waals surface area contributed by atoms with Crippen LogP contribution < -0.4 is 20.7 Å². The standard InChI is InChI=1S/C29H31N5O/c1-19-12-24(30)18-34(17-19)28-8-10-31-16-27(28)32-15-25-7-6-20-2-4-22(13-26(20)33-25)23-5-3-21-9-11-35-29(21)14-23/h2-8,10,13-14,16,19,24,32H,9,11-12,15,17-18,30H2,1H3. The van der Waals surface area contributed by atoms with E-state index in [0.29, 0.717) is 12.5 Å². The Morgan fingerprint density at radius 1 is 1.06 bits per heavy atom. The zero-order chi connectivity index (χ0) is 23.8. The number of hydrogen-bond acceptors (Lipinski definition) is 6. The van der Waals surface area contributed by atoms with E-state index in [1.807, 2.05) is 12.4 Å². The summed E-state index contributed by atoms with van der Waals surface area (Å²) in [5.41, 5.74) is 14.1. The predicted molar refractivity (Wildman–Crippen MR) is 142 cm³/mol. The molecular formula is C29H31N5O. The zero-order valence-electron chi connectivity index (χ0n) is 20.1. The maximum atomic E-state index is 6.31. The molecule has 4 aromatic rings. The SMILES string of the molecule is CC1CC(N)CN(c2ccncc2NCc2ccc3ccc(-c4ccc5c(c4)OCC5)cc3n2)C1. The van der Waals surface area contributed by atoms with E-state index in [-0.39, 0.29) is 6.04 Å².